The Morgan fingerprint density at radius 1 is 1.19 bits per heavy atom. The molecule has 1 aliphatic heterocycles. The topological polar surface area (TPSA) is 53.5 Å². The molecule has 4 heteroatoms. The maximum absolute atomic E-state index is 12.2. The first-order chi connectivity index (χ1) is 9.78. The lowest BCUT2D eigenvalue weighted by molar-refractivity contribution is 0.0953. The minimum Gasteiger partial charge on any atom is -0.351 e. The van der Waals surface area contributed by atoms with Gasteiger partial charge in [-0.3, -0.25) is 9.79 Å². The molecule has 4 nitrogen and oxygen atoms in total. The minimum absolute atomic E-state index is 0.0362. The Morgan fingerprint density at radius 3 is 2.57 bits per heavy atom. The fourth-order valence-corrected chi connectivity index (χ4v) is 2.25. The van der Waals surface area contributed by atoms with E-state index < -0.39 is 0 Å². The van der Waals surface area contributed by atoms with Crippen LogP contribution in [0, 0.1) is 6.04 Å². The van der Waals surface area contributed by atoms with Crippen LogP contribution in [0.15, 0.2) is 23.2 Å². The molecule has 0 aliphatic carbocycles. The van der Waals surface area contributed by atoms with Gasteiger partial charge in [0.1, 0.15) is 6.04 Å². The summed E-state index contributed by atoms with van der Waals surface area (Å²) in [6.45, 7) is 11.7. The second kappa shape index (κ2) is 5.98. The van der Waals surface area contributed by atoms with E-state index in [9.17, 15) is 4.79 Å². The number of carbonyl (C=O) groups excluding carboxylic acids is 1. The number of nitrogens with zero attached hydrogens (tertiary/aromatic N) is 1. The van der Waals surface area contributed by atoms with Crippen molar-refractivity contribution in [2.45, 2.75) is 40.2 Å². The van der Waals surface area contributed by atoms with Crippen LogP contribution in [-0.4, -0.2) is 24.5 Å². The Balaban J connectivity index is 2.01. The largest absolute Gasteiger partial charge is 0.351 e. The quantitative estimate of drug-likeness (QED) is 0.816. The van der Waals surface area contributed by atoms with E-state index in [1.54, 1.807) is 0 Å². The number of fused-ring (bicyclic) bond motifs is 1. The monoisotopic (exact) mass is 286 g/mol. The highest BCUT2D eigenvalue weighted by Gasteiger charge is 2.14. The van der Waals surface area contributed by atoms with Gasteiger partial charge in [0.15, 0.2) is 0 Å². The van der Waals surface area contributed by atoms with Crippen molar-refractivity contribution >= 4 is 11.5 Å². The molecule has 1 aromatic carbocycles. The van der Waals surface area contributed by atoms with E-state index in [0.717, 1.165) is 28.7 Å². The molecule has 0 saturated carbocycles. The molecule has 0 saturated heterocycles. The Bertz CT molecular complexity index is 656. The van der Waals surface area contributed by atoms with Crippen molar-refractivity contribution in [3.8, 4) is 0 Å². The zero-order valence-corrected chi connectivity index (χ0v) is 13.5. The van der Waals surface area contributed by atoms with Crippen LogP contribution < -0.4 is 21.2 Å². The summed E-state index contributed by atoms with van der Waals surface area (Å²) in [7, 11) is 0. The van der Waals surface area contributed by atoms with Crippen molar-refractivity contribution in [1.29, 1.82) is 0 Å². The Kier molecular flexibility index (Phi) is 4.47. The van der Waals surface area contributed by atoms with Gasteiger partial charge in [-0.15, -0.1) is 0 Å². The molecular weight excluding hydrogens is 262 g/mol. The average molecular weight is 286 g/mol. The van der Waals surface area contributed by atoms with Crippen LogP contribution in [0.1, 0.15) is 45.0 Å². The standard InChI is InChI=1S/C17H24N3O/c1-11-12(2)20-15-7-6-13(10-14(11)15)16(21)18-8-9-19-17(3,4)5/h6-7,10,19H,8-9H2,1-5H3,(H,18,21). The summed E-state index contributed by atoms with van der Waals surface area (Å²) < 4.78 is 0. The zero-order valence-electron chi connectivity index (χ0n) is 13.5. The summed E-state index contributed by atoms with van der Waals surface area (Å²) >= 11 is 0. The van der Waals surface area contributed by atoms with Gasteiger partial charge < -0.3 is 10.6 Å². The van der Waals surface area contributed by atoms with Crippen molar-refractivity contribution in [2.75, 3.05) is 13.1 Å². The zero-order chi connectivity index (χ0) is 15.6. The fourth-order valence-electron chi connectivity index (χ4n) is 2.25. The third kappa shape index (κ3) is 3.91. The van der Waals surface area contributed by atoms with Crippen molar-refractivity contribution < 1.29 is 4.79 Å². The highest BCUT2D eigenvalue weighted by atomic mass is 16.1. The molecule has 1 radical (unpaired) electrons. The molecule has 0 atom stereocenters. The van der Waals surface area contributed by atoms with Crippen molar-refractivity contribution in [2.24, 2.45) is 4.99 Å². The van der Waals surface area contributed by atoms with Crippen LogP contribution in [0.5, 0.6) is 0 Å². The molecule has 0 unspecified atom stereocenters. The lowest BCUT2D eigenvalue weighted by Gasteiger charge is -2.20. The first-order valence-electron chi connectivity index (χ1n) is 7.35. The predicted octanol–water partition coefficient (Wildman–Crippen LogP) is 1.16. The maximum Gasteiger partial charge on any atom is 0.251 e. The Morgan fingerprint density at radius 2 is 1.90 bits per heavy atom. The third-order valence-corrected chi connectivity index (χ3v) is 3.56. The van der Waals surface area contributed by atoms with Gasteiger partial charge in [0.05, 0.1) is 5.36 Å². The third-order valence-electron chi connectivity index (χ3n) is 3.56. The molecule has 2 rings (SSSR count). The highest BCUT2D eigenvalue weighted by Crippen LogP contribution is 2.14. The first kappa shape index (κ1) is 15.7. The molecule has 1 heterocycles. The number of nitrogens with one attached hydrogen (secondary N) is 2. The van der Waals surface area contributed by atoms with Crippen LogP contribution in [-0.2, 0) is 0 Å². The number of hydrogen-bond donors (Lipinski definition) is 2. The molecule has 0 fully saturated rings. The van der Waals surface area contributed by atoms with Crippen LogP contribution in [0.3, 0.4) is 0 Å². The van der Waals surface area contributed by atoms with E-state index in [1.165, 1.54) is 0 Å². The summed E-state index contributed by atoms with van der Waals surface area (Å²) in [5.74, 6) is -0.0362. The van der Waals surface area contributed by atoms with Gasteiger partial charge in [-0.2, -0.15) is 0 Å². The highest BCUT2D eigenvalue weighted by molar-refractivity contribution is 5.94. The second-order valence-electron chi connectivity index (χ2n) is 6.49. The Labute approximate surface area is 126 Å². The van der Waals surface area contributed by atoms with Gasteiger partial charge in [-0.1, -0.05) is 0 Å². The Hall–Kier alpha value is -1.68. The van der Waals surface area contributed by atoms with Crippen LogP contribution in [0.2, 0.25) is 0 Å². The molecule has 0 spiro atoms. The van der Waals surface area contributed by atoms with Gasteiger partial charge in [-0.05, 0) is 58.4 Å². The molecule has 0 aromatic heterocycles. The molecule has 1 aliphatic rings. The first-order valence-corrected chi connectivity index (χ1v) is 7.35. The summed E-state index contributed by atoms with van der Waals surface area (Å²) in [4.78, 5) is 16.6. The van der Waals surface area contributed by atoms with Crippen LogP contribution >= 0.6 is 0 Å². The smallest absolute Gasteiger partial charge is 0.251 e. The number of benzene rings is 1. The summed E-state index contributed by atoms with van der Waals surface area (Å²) in [5, 5.41) is 8.30. The predicted molar refractivity (Wildman–Crippen MR) is 85.3 cm³/mol. The molecule has 1 aromatic rings. The summed E-state index contributed by atoms with van der Waals surface area (Å²) in [6.07, 6.45) is 0. The van der Waals surface area contributed by atoms with Gasteiger partial charge >= 0.3 is 0 Å². The minimum atomic E-state index is -0.0362. The maximum atomic E-state index is 12.2. The van der Waals surface area contributed by atoms with Crippen LogP contribution in [0.4, 0.5) is 0 Å². The van der Waals surface area contributed by atoms with E-state index in [-0.39, 0.29) is 11.4 Å². The fraction of sp³-hybridized carbons (Fsp3) is 0.471. The lowest BCUT2D eigenvalue weighted by atomic mass is 10.1. The SMILES string of the molecule is C[C]1N=c2ccc(C(=O)NCCNC(C)(C)C)cc2=C1C. The molecule has 113 valence electrons. The number of amides is 1. The van der Waals surface area contributed by atoms with E-state index in [0.29, 0.717) is 12.1 Å². The van der Waals surface area contributed by atoms with Crippen molar-refractivity contribution in [3.05, 3.63) is 40.4 Å². The molecule has 21 heavy (non-hydrogen) atoms. The van der Waals surface area contributed by atoms with Gasteiger partial charge in [0, 0.05) is 29.4 Å². The van der Waals surface area contributed by atoms with E-state index in [1.807, 2.05) is 32.0 Å². The van der Waals surface area contributed by atoms with E-state index in [4.69, 9.17) is 0 Å². The van der Waals surface area contributed by atoms with Gasteiger partial charge in [0.25, 0.3) is 5.91 Å². The number of rotatable bonds is 4. The summed E-state index contributed by atoms with van der Waals surface area (Å²) in [6, 6.07) is 6.70. The lowest BCUT2D eigenvalue weighted by Crippen LogP contribution is -2.41. The number of hydrogen-bond acceptors (Lipinski definition) is 3. The molecule has 1 amide bonds. The second-order valence-corrected chi connectivity index (χ2v) is 6.49. The molecule has 0 bridgehead atoms. The molecule has 2 N–H and O–H groups in total. The van der Waals surface area contributed by atoms with E-state index in [2.05, 4.69) is 36.4 Å². The van der Waals surface area contributed by atoms with Crippen molar-refractivity contribution in [1.82, 2.24) is 10.6 Å². The summed E-state index contributed by atoms with van der Waals surface area (Å²) in [5.41, 5.74) is 1.90. The van der Waals surface area contributed by atoms with Crippen LogP contribution in [0.25, 0.3) is 5.57 Å². The van der Waals surface area contributed by atoms with Gasteiger partial charge in [-0.25, -0.2) is 0 Å². The molecular formula is C17H24N3O. The van der Waals surface area contributed by atoms with Gasteiger partial charge in [0.2, 0.25) is 0 Å². The van der Waals surface area contributed by atoms with Crippen molar-refractivity contribution in [3.63, 3.8) is 0 Å². The number of carbonyl (C=O) groups is 1. The normalized spacial score (nSPS) is 14.8. The average Bonchev–Trinajstić information content (AvgIpc) is 2.69. The van der Waals surface area contributed by atoms with E-state index >= 15 is 0 Å².